The van der Waals surface area contributed by atoms with Crippen molar-refractivity contribution in [3.63, 3.8) is 0 Å². The standard InChI is InChI=1S/C11H12F2O/c1-7-4-5-9(8(2)14-3)10(6-7)11(12)13/h4-6,11H,2H2,1,3H3. The Bertz CT molecular complexity index is 345. The highest BCUT2D eigenvalue weighted by molar-refractivity contribution is 5.61. The Balaban J connectivity index is 3.21. The average Bonchev–Trinajstić information content (AvgIpc) is 2.16. The highest BCUT2D eigenvalue weighted by atomic mass is 19.3. The molecule has 0 radical (unpaired) electrons. The van der Waals surface area contributed by atoms with E-state index in [1.54, 1.807) is 19.1 Å². The number of hydrogen-bond acceptors (Lipinski definition) is 1. The number of alkyl halides is 2. The van der Waals surface area contributed by atoms with Crippen molar-refractivity contribution in [3.05, 3.63) is 41.5 Å². The molecule has 0 heterocycles. The monoisotopic (exact) mass is 198 g/mol. The number of halogens is 2. The normalized spacial score (nSPS) is 10.4. The molecule has 0 aromatic heterocycles. The van der Waals surface area contributed by atoms with Crippen LogP contribution in [0, 0.1) is 6.92 Å². The zero-order valence-electron chi connectivity index (χ0n) is 8.18. The Morgan fingerprint density at radius 3 is 2.57 bits per heavy atom. The molecule has 0 saturated heterocycles. The van der Waals surface area contributed by atoms with Crippen LogP contribution in [0.25, 0.3) is 5.76 Å². The highest BCUT2D eigenvalue weighted by Gasteiger charge is 2.15. The Morgan fingerprint density at radius 1 is 1.43 bits per heavy atom. The zero-order chi connectivity index (χ0) is 10.7. The predicted octanol–water partition coefficient (Wildman–Crippen LogP) is 3.55. The van der Waals surface area contributed by atoms with Gasteiger partial charge in [-0.05, 0) is 13.0 Å². The fraction of sp³-hybridized carbons (Fsp3) is 0.273. The summed E-state index contributed by atoms with van der Waals surface area (Å²) in [5.74, 6) is 0.264. The van der Waals surface area contributed by atoms with Gasteiger partial charge < -0.3 is 4.74 Å². The maximum atomic E-state index is 12.6. The predicted molar refractivity (Wildman–Crippen MR) is 52.2 cm³/mol. The number of hydrogen-bond donors (Lipinski definition) is 0. The fourth-order valence-corrected chi connectivity index (χ4v) is 1.23. The minimum absolute atomic E-state index is 0.0307. The van der Waals surface area contributed by atoms with Crippen molar-refractivity contribution < 1.29 is 13.5 Å². The van der Waals surface area contributed by atoms with Gasteiger partial charge in [0.15, 0.2) is 0 Å². The molecule has 1 nitrogen and oxygen atoms in total. The third-order valence-corrected chi connectivity index (χ3v) is 1.99. The van der Waals surface area contributed by atoms with E-state index in [9.17, 15) is 8.78 Å². The van der Waals surface area contributed by atoms with E-state index >= 15 is 0 Å². The first kappa shape index (κ1) is 10.7. The molecule has 3 heteroatoms. The second-order valence-corrected chi connectivity index (χ2v) is 3.02. The van der Waals surface area contributed by atoms with E-state index in [0.717, 1.165) is 5.56 Å². The highest BCUT2D eigenvalue weighted by Crippen LogP contribution is 2.28. The van der Waals surface area contributed by atoms with Crippen molar-refractivity contribution in [2.75, 3.05) is 7.11 Å². The van der Waals surface area contributed by atoms with Crippen LogP contribution < -0.4 is 0 Å². The molecule has 0 aliphatic carbocycles. The van der Waals surface area contributed by atoms with E-state index in [1.165, 1.54) is 13.2 Å². The first-order chi connectivity index (χ1) is 6.56. The van der Waals surface area contributed by atoms with Gasteiger partial charge in [0.1, 0.15) is 5.76 Å². The molecular weight excluding hydrogens is 186 g/mol. The molecule has 0 aliphatic heterocycles. The van der Waals surface area contributed by atoms with Crippen LogP contribution in [0.4, 0.5) is 8.78 Å². The van der Waals surface area contributed by atoms with Crippen LogP contribution in [0.15, 0.2) is 24.8 Å². The van der Waals surface area contributed by atoms with Crippen LogP contribution in [0.3, 0.4) is 0 Å². The smallest absolute Gasteiger partial charge is 0.264 e. The lowest BCUT2D eigenvalue weighted by Crippen LogP contribution is -1.95. The largest absolute Gasteiger partial charge is 0.497 e. The van der Waals surface area contributed by atoms with Crippen LogP contribution in [-0.2, 0) is 4.74 Å². The van der Waals surface area contributed by atoms with Crippen molar-refractivity contribution in [1.82, 2.24) is 0 Å². The maximum Gasteiger partial charge on any atom is 0.264 e. The van der Waals surface area contributed by atoms with Gasteiger partial charge in [-0.1, -0.05) is 24.3 Å². The summed E-state index contributed by atoms with van der Waals surface area (Å²) in [6, 6.07) is 4.80. The van der Waals surface area contributed by atoms with Gasteiger partial charge in [0.25, 0.3) is 6.43 Å². The van der Waals surface area contributed by atoms with Crippen LogP contribution in [0.2, 0.25) is 0 Å². The minimum Gasteiger partial charge on any atom is -0.497 e. The van der Waals surface area contributed by atoms with Crippen LogP contribution in [0.1, 0.15) is 23.1 Å². The van der Waals surface area contributed by atoms with Gasteiger partial charge in [-0.3, -0.25) is 0 Å². The summed E-state index contributed by atoms with van der Waals surface area (Å²) in [5, 5.41) is 0. The van der Waals surface area contributed by atoms with Gasteiger partial charge in [0, 0.05) is 11.1 Å². The molecule has 0 unspecified atom stereocenters. The summed E-state index contributed by atoms with van der Waals surface area (Å²) in [6.07, 6.45) is -2.50. The molecule has 0 fully saturated rings. The van der Waals surface area contributed by atoms with Gasteiger partial charge in [-0.2, -0.15) is 0 Å². The number of ether oxygens (including phenoxy) is 1. The van der Waals surface area contributed by atoms with E-state index in [0.29, 0.717) is 5.56 Å². The third kappa shape index (κ3) is 2.10. The third-order valence-electron chi connectivity index (χ3n) is 1.99. The molecule has 14 heavy (non-hydrogen) atoms. The van der Waals surface area contributed by atoms with Crippen molar-refractivity contribution in [1.29, 1.82) is 0 Å². The van der Waals surface area contributed by atoms with Crippen molar-refractivity contribution in [2.45, 2.75) is 13.3 Å². The second-order valence-electron chi connectivity index (χ2n) is 3.02. The molecule has 0 spiro atoms. The van der Waals surface area contributed by atoms with Gasteiger partial charge in [0.2, 0.25) is 0 Å². The van der Waals surface area contributed by atoms with Crippen molar-refractivity contribution in [2.24, 2.45) is 0 Å². The molecule has 0 saturated carbocycles. The van der Waals surface area contributed by atoms with E-state index in [2.05, 4.69) is 6.58 Å². The second kappa shape index (κ2) is 4.22. The van der Waals surface area contributed by atoms with Crippen molar-refractivity contribution >= 4 is 5.76 Å². The molecule has 76 valence electrons. The van der Waals surface area contributed by atoms with Gasteiger partial charge in [0.05, 0.1) is 7.11 Å². The summed E-state index contributed by atoms with van der Waals surface area (Å²) >= 11 is 0. The Morgan fingerprint density at radius 2 is 2.07 bits per heavy atom. The summed E-state index contributed by atoms with van der Waals surface area (Å²) in [7, 11) is 1.41. The topological polar surface area (TPSA) is 9.23 Å². The van der Waals surface area contributed by atoms with E-state index < -0.39 is 6.43 Å². The van der Waals surface area contributed by atoms with E-state index in [1.807, 2.05) is 0 Å². The fourth-order valence-electron chi connectivity index (χ4n) is 1.23. The van der Waals surface area contributed by atoms with Crippen molar-refractivity contribution in [3.8, 4) is 0 Å². The number of methoxy groups -OCH3 is 1. The van der Waals surface area contributed by atoms with E-state index in [-0.39, 0.29) is 11.3 Å². The van der Waals surface area contributed by atoms with E-state index in [4.69, 9.17) is 4.74 Å². The number of benzene rings is 1. The maximum absolute atomic E-state index is 12.6. The quantitative estimate of drug-likeness (QED) is 0.675. The van der Waals surface area contributed by atoms with Gasteiger partial charge in [-0.25, -0.2) is 8.78 Å². The van der Waals surface area contributed by atoms with Crippen LogP contribution >= 0.6 is 0 Å². The molecule has 0 aliphatic rings. The lowest BCUT2D eigenvalue weighted by Gasteiger charge is -2.11. The Labute approximate surface area is 82.0 Å². The molecule has 1 aromatic carbocycles. The molecule has 1 rings (SSSR count). The first-order valence-corrected chi connectivity index (χ1v) is 4.18. The average molecular weight is 198 g/mol. The summed E-state index contributed by atoms with van der Waals surface area (Å²) in [6.45, 7) is 5.33. The van der Waals surface area contributed by atoms with Crippen LogP contribution in [0.5, 0.6) is 0 Å². The minimum atomic E-state index is -2.50. The Kier molecular flexibility index (Phi) is 3.23. The molecule has 0 bridgehead atoms. The number of aryl methyl sites for hydroxylation is 1. The lowest BCUT2D eigenvalue weighted by atomic mass is 10.0. The first-order valence-electron chi connectivity index (χ1n) is 4.18. The Hall–Kier alpha value is -1.38. The van der Waals surface area contributed by atoms with Crippen LogP contribution in [-0.4, -0.2) is 7.11 Å². The summed E-state index contributed by atoms with van der Waals surface area (Å²) in [4.78, 5) is 0. The SMILES string of the molecule is C=C(OC)c1ccc(C)cc1C(F)F. The van der Waals surface area contributed by atoms with Gasteiger partial charge >= 0.3 is 0 Å². The number of rotatable bonds is 3. The molecule has 1 aromatic rings. The zero-order valence-corrected chi connectivity index (χ0v) is 8.18. The molecule has 0 amide bonds. The molecular formula is C11H12F2O. The lowest BCUT2D eigenvalue weighted by molar-refractivity contribution is 0.150. The molecule has 0 atom stereocenters. The summed E-state index contributed by atoms with van der Waals surface area (Å²) < 4.78 is 30.1. The summed E-state index contributed by atoms with van der Waals surface area (Å²) in [5.41, 5.74) is 1.14. The molecule has 0 N–H and O–H groups in total. The van der Waals surface area contributed by atoms with Gasteiger partial charge in [-0.15, -0.1) is 0 Å².